The van der Waals surface area contributed by atoms with E-state index in [1.54, 1.807) is 0 Å². The van der Waals surface area contributed by atoms with Crippen LogP contribution < -0.4 is 0 Å². The molecule has 0 saturated heterocycles. The average molecular weight is 453 g/mol. The summed E-state index contributed by atoms with van der Waals surface area (Å²) in [7, 11) is 0. The SMILES string of the molecule is Clc1ccc2c(c1)C(c1ccccc1)(c1ccc3c(ccc4ccccc43)c1)c1ccccc1-2. The summed E-state index contributed by atoms with van der Waals surface area (Å²) in [4.78, 5) is 0. The van der Waals surface area contributed by atoms with Crippen molar-refractivity contribution >= 4 is 33.1 Å². The standard InChI is InChI=1S/C33H21Cl/c34-26-17-19-30-29-12-6-7-13-31(29)33(32(30)21-26,24-9-2-1-3-10-24)25-16-18-28-23(20-25)15-14-22-8-4-5-11-27(22)28/h1-21H. The van der Waals surface area contributed by atoms with Crippen LogP contribution >= 0.6 is 11.6 Å². The van der Waals surface area contributed by atoms with E-state index in [-0.39, 0.29) is 0 Å². The number of hydrogen-bond donors (Lipinski definition) is 0. The van der Waals surface area contributed by atoms with Crippen molar-refractivity contribution < 1.29 is 0 Å². The molecule has 1 unspecified atom stereocenters. The summed E-state index contributed by atoms with van der Waals surface area (Å²) in [6, 6.07) is 46.1. The van der Waals surface area contributed by atoms with E-state index in [2.05, 4.69) is 121 Å². The topological polar surface area (TPSA) is 0 Å². The molecule has 1 heteroatoms. The summed E-state index contributed by atoms with van der Waals surface area (Å²) in [5, 5.41) is 5.85. The van der Waals surface area contributed by atoms with Crippen LogP contribution in [0.5, 0.6) is 0 Å². The second-order valence-corrected chi connectivity index (χ2v) is 9.51. The molecule has 0 N–H and O–H groups in total. The molecular weight excluding hydrogens is 432 g/mol. The minimum Gasteiger partial charge on any atom is -0.0843 e. The first-order valence-electron chi connectivity index (χ1n) is 11.6. The van der Waals surface area contributed by atoms with E-state index in [4.69, 9.17) is 11.6 Å². The van der Waals surface area contributed by atoms with Gasteiger partial charge in [0.15, 0.2) is 0 Å². The molecule has 6 aromatic carbocycles. The molecule has 0 saturated carbocycles. The van der Waals surface area contributed by atoms with Gasteiger partial charge in [0, 0.05) is 5.02 Å². The summed E-state index contributed by atoms with van der Waals surface area (Å²) in [6.07, 6.45) is 0. The van der Waals surface area contributed by atoms with Gasteiger partial charge in [-0.3, -0.25) is 0 Å². The second kappa shape index (κ2) is 7.32. The molecule has 0 spiro atoms. The van der Waals surface area contributed by atoms with Gasteiger partial charge in [0.05, 0.1) is 5.41 Å². The molecule has 7 rings (SSSR count). The Hall–Kier alpha value is -3.87. The molecule has 0 nitrogen and oxygen atoms in total. The molecule has 0 aromatic heterocycles. The van der Waals surface area contributed by atoms with Crippen LogP contribution in [0.25, 0.3) is 32.7 Å². The molecular formula is C33H21Cl. The Morgan fingerprint density at radius 3 is 2.06 bits per heavy atom. The minimum atomic E-state index is -0.433. The highest BCUT2D eigenvalue weighted by molar-refractivity contribution is 6.30. The van der Waals surface area contributed by atoms with Gasteiger partial charge in [-0.25, -0.2) is 0 Å². The lowest BCUT2D eigenvalue weighted by molar-refractivity contribution is 0.770. The van der Waals surface area contributed by atoms with E-state index in [1.165, 1.54) is 54.9 Å². The van der Waals surface area contributed by atoms with Gasteiger partial charge in [-0.2, -0.15) is 0 Å². The van der Waals surface area contributed by atoms with Gasteiger partial charge >= 0.3 is 0 Å². The molecule has 0 aliphatic heterocycles. The van der Waals surface area contributed by atoms with Crippen molar-refractivity contribution in [3.63, 3.8) is 0 Å². The summed E-state index contributed by atoms with van der Waals surface area (Å²) >= 11 is 6.63. The number of halogens is 1. The van der Waals surface area contributed by atoms with Gasteiger partial charge in [-0.05, 0) is 73.1 Å². The number of hydrogen-bond acceptors (Lipinski definition) is 0. The van der Waals surface area contributed by atoms with Gasteiger partial charge < -0.3 is 0 Å². The maximum absolute atomic E-state index is 6.63. The molecule has 34 heavy (non-hydrogen) atoms. The van der Waals surface area contributed by atoms with Gasteiger partial charge in [0.2, 0.25) is 0 Å². The summed E-state index contributed by atoms with van der Waals surface area (Å²) < 4.78 is 0. The summed E-state index contributed by atoms with van der Waals surface area (Å²) in [6.45, 7) is 0. The predicted octanol–water partition coefficient (Wildman–Crippen LogP) is 9.01. The molecule has 0 heterocycles. The van der Waals surface area contributed by atoms with Crippen LogP contribution in [0.15, 0.2) is 127 Å². The van der Waals surface area contributed by atoms with Crippen molar-refractivity contribution in [3.05, 3.63) is 155 Å². The zero-order valence-electron chi connectivity index (χ0n) is 18.5. The van der Waals surface area contributed by atoms with E-state index in [0.717, 1.165) is 5.02 Å². The highest BCUT2D eigenvalue weighted by Crippen LogP contribution is 2.56. The quantitative estimate of drug-likeness (QED) is 0.229. The fourth-order valence-corrected chi connectivity index (χ4v) is 6.15. The first-order chi connectivity index (χ1) is 16.8. The van der Waals surface area contributed by atoms with E-state index in [0.29, 0.717) is 0 Å². The highest BCUT2D eigenvalue weighted by Gasteiger charge is 2.46. The zero-order valence-corrected chi connectivity index (χ0v) is 19.3. The Labute approximate surface area is 204 Å². The Morgan fingerprint density at radius 1 is 0.441 bits per heavy atom. The van der Waals surface area contributed by atoms with Crippen molar-refractivity contribution in [2.24, 2.45) is 0 Å². The van der Waals surface area contributed by atoms with E-state index >= 15 is 0 Å². The Balaban J connectivity index is 1.62. The molecule has 1 aliphatic rings. The first-order valence-corrected chi connectivity index (χ1v) is 12.0. The minimum absolute atomic E-state index is 0.433. The fraction of sp³-hybridized carbons (Fsp3) is 0.0303. The Bertz CT molecular complexity index is 1710. The van der Waals surface area contributed by atoms with Crippen LogP contribution in [0.3, 0.4) is 0 Å². The van der Waals surface area contributed by atoms with Gasteiger partial charge in [0.1, 0.15) is 0 Å². The van der Waals surface area contributed by atoms with Gasteiger partial charge in [-0.15, -0.1) is 0 Å². The monoisotopic (exact) mass is 452 g/mol. The van der Waals surface area contributed by atoms with Crippen LogP contribution in [0.4, 0.5) is 0 Å². The maximum Gasteiger partial charge on any atom is 0.0714 e. The van der Waals surface area contributed by atoms with Gasteiger partial charge in [0.25, 0.3) is 0 Å². The average Bonchev–Trinajstić information content (AvgIpc) is 3.19. The predicted molar refractivity (Wildman–Crippen MR) is 144 cm³/mol. The van der Waals surface area contributed by atoms with Crippen LogP contribution in [-0.2, 0) is 5.41 Å². The molecule has 160 valence electrons. The fourth-order valence-electron chi connectivity index (χ4n) is 5.97. The Kier molecular flexibility index (Phi) is 4.21. The van der Waals surface area contributed by atoms with Crippen LogP contribution in [0.2, 0.25) is 5.02 Å². The molecule has 6 aromatic rings. The summed E-state index contributed by atoms with van der Waals surface area (Å²) in [5.74, 6) is 0. The van der Waals surface area contributed by atoms with Crippen molar-refractivity contribution in [3.8, 4) is 11.1 Å². The van der Waals surface area contributed by atoms with E-state index in [9.17, 15) is 0 Å². The lowest BCUT2D eigenvalue weighted by Crippen LogP contribution is -2.28. The van der Waals surface area contributed by atoms with E-state index in [1.807, 2.05) is 6.07 Å². The molecule has 0 bridgehead atoms. The van der Waals surface area contributed by atoms with Crippen molar-refractivity contribution in [2.75, 3.05) is 0 Å². The maximum atomic E-state index is 6.63. The Morgan fingerprint density at radius 2 is 1.15 bits per heavy atom. The zero-order chi connectivity index (χ0) is 22.7. The third-order valence-electron chi connectivity index (χ3n) is 7.39. The second-order valence-electron chi connectivity index (χ2n) is 9.07. The normalized spacial score (nSPS) is 16.5. The van der Waals surface area contributed by atoms with Crippen LogP contribution in [0.1, 0.15) is 22.3 Å². The number of benzene rings is 6. The third-order valence-corrected chi connectivity index (χ3v) is 7.63. The third kappa shape index (κ3) is 2.61. The molecule has 1 atom stereocenters. The smallest absolute Gasteiger partial charge is 0.0714 e. The highest BCUT2D eigenvalue weighted by atomic mass is 35.5. The van der Waals surface area contributed by atoms with Crippen molar-refractivity contribution in [1.82, 2.24) is 0 Å². The molecule has 0 amide bonds. The summed E-state index contributed by atoms with van der Waals surface area (Å²) in [5.41, 5.74) is 7.15. The largest absolute Gasteiger partial charge is 0.0843 e. The molecule has 0 radical (unpaired) electrons. The number of rotatable bonds is 2. The van der Waals surface area contributed by atoms with E-state index < -0.39 is 5.41 Å². The van der Waals surface area contributed by atoms with Gasteiger partial charge in [-0.1, -0.05) is 121 Å². The lowest BCUT2D eigenvalue weighted by atomic mass is 9.67. The number of fused-ring (bicyclic) bond motifs is 6. The van der Waals surface area contributed by atoms with Crippen molar-refractivity contribution in [2.45, 2.75) is 5.41 Å². The molecule has 1 aliphatic carbocycles. The molecule has 0 fully saturated rings. The van der Waals surface area contributed by atoms with Crippen LogP contribution in [-0.4, -0.2) is 0 Å². The van der Waals surface area contributed by atoms with Crippen LogP contribution in [0, 0.1) is 0 Å². The lowest BCUT2D eigenvalue weighted by Gasteiger charge is -2.34. The first kappa shape index (κ1) is 19.6. The van der Waals surface area contributed by atoms with Crippen molar-refractivity contribution in [1.29, 1.82) is 0 Å².